The van der Waals surface area contributed by atoms with Crippen LogP contribution in [0.2, 0.25) is 0 Å². The van der Waals surface area contributed by atoms with Crippen LogP contribution in [0.3, 0.4) is 0 Å². The summed E-state index contributed by atoms with van der Waals surface area (Å²) in [6, 6.07) is 9.26. The Hall–Kier alpha value is -0.870. The number of hydrogen-bond acceptors (Lipinski definition) is 2. The summed E-state index contributed by atoms with van der Waals surface area (Å²) in [4.78, 5) is 0. The van der Waals surface area contributed by atoms with E-state index in [2.05, 4.69) is 18.6 Å². The second-order valence-corrected chi connectivity index (χ2v) is 6.99. The van der Waals surface area contributed by atoms with Gasteiger partial charge < -0.3 is 0 Å². The lowest BCUT2D eigenvalue weighted by atomic mass is 10.1. The van der Waals surface area contributed by atoms with Gasteiger partial charge in [0.05, 0.1) is 5.75 Å². The maximum atomic E-state index is 11.9. The molecule has 0 aliphatic rings. The summed E-state index contributed by atoms with van der Waals surface area (Å²) in [5.41, 5.74) is 0.820. The van der Waals surface area contributed by atoms with Crippen molar-refractivity contribution in [3.05, 3.63) is 35.9 Å². The largest absolute Gasteiger partial charge is 0.216 e. The Bertz CT molecular complexity index is 440. The van der Waals surface area contributed by atoms with Crippen LogP contribution < -0.4 is 4.72 Å². The molecule has 1 N–H and O–H groups in total. The Morgan fingerprint density at radius 1 is 1.06 bits per heavy atom. The smallest absolute Gasteiger partial charge is 0.212 e. The highest BCUT2D eigenvalue weighted by molar-refractivity contribution is 7.88. The third-order valence-electron chi connectivity index (χ3n) is 2.76. The predicted molar refractivity (Wildman–Crippen MR) is 75.7 cm³/mol. The van der Waals surface area contributed by atoms with Crippen molar-refractivity contribution >= 4 is 10.0 Å². The van der Waals surface area contributed by atoms with Gasteiger partial charge >= 0.3 is 0 Å². The van der Waals surface area contributed by atoms with Gasteiger partial charge in [0, 0.05) is 6.04 Å². The van der Waals surface area contributed by atoms with Crippen molar-refractivity contribution in [1.29, 1.82) is 0 Å². The van der Waals surface area contributed by atoms with E-state index in [0.29, 0.717) is 5.92 Å². The second-order valence-electron chi connectivity index (χ2n) is 5.23. The third kappa shape index (κ3) is 6.17. The van der Waals surface area contributed by atoms with Crippen LogP contribution in [0.5, 0.6) is 0 Å². The zero-order valence-corrected chi connectivity index (χ0v) is 12.2. The first-order valence-electron chi connectivity index (χ1n) is 6.43. The average Bonchev–Trinajstić information content (AvgIpc) is 2.26. The Morgan fingerprint density at radius 2 is 1.67 bits per heavy atom. The third-order valence-corrected chi connectivity index (χ3v) is 4.23. The van der Waals surface area contributed by atoms with E-state index in [1.54, 1.807) is 0 Å². The summed E-state index contributed by atoms with van der Waals surface area (Å²) in [5, 5.41) is 0. The molecule has 0 aliphatic heterocycles. The molecule has 3 nitrogen and oxygen atoms in total. The fourth-order valence-corrected chi connectivity index (χ4v) is 3.23. The highest BCUT2D eigenvalue weighted by atomic mass is 32.2. The monoisotopic (exact) mass is 269 g/mol. The summed E-state index contributed by atoms with van der Waals surface area (Å²) < 4.78 is 26.6. The zero-order valence-electron chi connectivity index (χ0n) is 11.4. The first-order valence-corrected chi connectivity index (χ1v) is 8.08. The lowest BCUT2D eigenvalue weighted by molar-refractivity contribution is 0.485. The van der Waals surface area contributed by atoms with Crippen molar-refractivity contribution in [3.8, 4) is 0 Å². The van der Waals surface area contributed by atoms with E-state index >= 15 is 0 Å². The van der Waals surface area contributed by atoms with Gasteiger partial charge in [-0.1, -0.05) is 44.2 Å². The topological polar surface area (TPSA) is 46.2 Å². The van der Waals surface area contributed by atoms with E-state index in [1.807, 2.05) is 37.3 Å². The maximum absolute atomic E-state index is 11.9. The Morgan fingerprint density at radius 3 is 2.22 bits per heavy atom. The molecule has 18 heavy (non-hydrogen) atoms. The van der Waals surface area contributed by atoms with Crippen LogP contribution in [-0.2, 0) is 15.8 Å². The second kappa shape index (κ2) is 6.90. The van der Waals surface area contributed by atoms with Gasteiger partial charge in [-0.15, -0.1) is 0 Å². The van der Waals surface area contributed by atoms with Gasteiger partial charge in [0.25, 0.3) is 0 Å². The maximum Gasteiger partial charge on any atom is 0.216 e. The molecule has 0 heterocycles. The van der Waals surface area contributed by atoms with Crippen LogP contribution in [0.25, 0.3) is 0 Å². The molecule has 0 fully saturated rings. The number of rotatable bonds is 7. The Balaban J connectivity index is 2.49. The first kappa shape index (κ1) is 15.2. The zero-order chi connectivity index (χ0) is 13.6. The van der Waals surface area contributed by atoms with Crippen LogP contribution in [0.15, 0.2) is 30.3 Å². The van der Waals surface area contributed by atoms with Crippen molar-refractivity contribution in [2.75, 3.05) is 0 Å². The van der Waals surface area contributed by atoms with E-state index in [0.717, 1.165) is 18.4 Å². The average molecular weight is 269 g/mol. The SMILES string of the molecule is CC(C)CCC(C)NS(=O)(=O)Cc1ccccc1. The van der Waals surface area contributed by atoms with Gasteiger partial charge in [0.15, 0.2) is 0 Å². The number of nitrogens with one attached hydrogen (secondary N) is 1. The molecule has 102 valence electrons. The van der Waals surface area contributed by atoms with Crippen LogP contribution in [-0.4, -0.2) is 14.5 Å². The van der Waals surface area contributed by atoms with E-state index in [4.69, 9.17) is 0 Å². The van der Waals surface area contributed by atoms with E-state index < -0.39 is 10.0 Å². The number of benzene rings is 1. The van der Waals surface area contributed by atoms with Gasteiger partial charge in [0.2, 0.25) is 10.0 Å². The molecule has 1 aromatic carbocycles. The molecule has 1 rings (SSSR count). The van der Waals surface area contributed by atoms with Crippen LogP contribution in [0, 0.1) is 5.92 Å². The minimum absolute atomic E-state index is 0.00103. The molecule has 0 bridgehead atoms. The summed E-state index contributed by atoms with van der Waals surface area (Å²) >= 11 is 0. The van der Waals surface area contributed by atoms with Gasteiger partial charge in [0.1, 0.15) is 0 Å². The highest BCUT2D eigenvalue weighted by Gasteiger charge is 2.15. The van der Waals surface area contributed by atoms with Crippen molar-refractivity contribution in [2.45, 2.75) is 45.4 Å². The van der Waals surface area contributed by atoms with Crippen molar-refractivity contribution in [1.82, 2.24) is 4.72 Å². The summed E-state index contributed by atoms with van der Waals surface area (Å²) in [6.45, 7) is 6.21. The molecular formula is C14H23NO2S. The molecule has 0 amide bonds. The van der Waals surface area contributed by atoms with E-state index in [-0.39, 0.29) is 11.8 Å². The molecule has 1 aromatic rings. The Kier molecular flexibility index (Phi) is 5.82. The Labute approximate surface area is 111 Å². The van der Waals surface area contributed by atoms with Crippen LogP contribution >= 0.6 is 0 Å². The normalized spacial score (nSPS) is 13.8. The summed E-state index contributed by atoms with van der Waals surface area (Å²) in [5.74, 6) is 0.658. The molecule has 0 radical (unpaired) electrons. The molecule has 1 atom stereocenters. The number of hydrogen-bond donors (Lipinski definition) is 1. The van der Waals surface area contributed by atoms with Crippen LogP contribution in [0.1, 0.15) is 39.2 Å². The quantitative estimate of drug-likeness (QED) is 0.827. The molecule has 0 aromatic heterocycles. The van der Waals surface area contributed by atoms with Gasteiger partial charge in [-0.05, 0) is 31.2 Å². The van der Waals surface area contributed by atoms with Gasteiger partial charge in [-0.25, -0.2) is 13.1 Å². The van der Waals surface area contributed by atoms with E-state index in [1.165, 1.54) is 0 Å². The lowest BCUT2D eigenvalue weighted by Gasteiger charge is -2.15. The lowest BCUT2D eigenvalue weighted by Crippen LogP contribution is -2.33. The summed E-state index contributed by atoms with van der Waals surface area (Å²) in [7, 11) is -3.23. The molecule has 0 spiro atoms. The molecule has 0 saturated carbocycles. The molecule has 4 heteroatoms. The molecule has 0 saturated heterocycles. The summed E-state index contributed by atoms with van der Waals surface area (Å²) in [6.07, 6.45) is 1.92. The van der Waals surface area contributed by atoms with Crippen molar-refractivity contribution in [2.24, 2.45) is 5.92 Å². The van der Waals surface area contributed by atoms with Crippen molar-refractivity contribution in [3.63, 3.8) is 0 Å². The molecule has 0 aliphatic carbocycles. The number of sulfonamides is 1. The minimum Gasteiger partial charge on any atom is -0.212 e. The van der Waals surface area contributed by atoms with Crippen molar-refractivity contribution < 1.29 is 8.42 Å². The van der Waals surface area contributed by atoms with E-state index in [9.17, 15) is 8.42 Å². The van der Waals surface area contributed by atoms with Crippen LogP contribution in [0.4, 0.5) is 0 Å². The highest BCUT2D eigenvalue weighted by Crippen LogP contribution is 2.09. The molecule has 1 unspecified atom stereocenters. The predicted octanol–water partition coefficient (Wildman–Crippen LogP) is 2.93. The fourth-order valence-electron chi connectivity index (χ4n) is 1.78. The minimum atomic E-state index is -3.23. The standard InChI is InChI=1S/C14H23NO2S/c1-12(2)9-10-13(3)15-18(16,17)11-14-7-5-4-6-8-14/h4-8,12-13,15H,9-11H2,1-3H3. The molecular weight excluding hydrogens is 246 g/mol. The fraction of sp³-hybridized carbons (Fsp3) is 0.571. The van der Waals surface area contributed by atoms with Gasteiger partial charge in [-0.3, -0.25) is 0 Å². The van der Waals surface area contributed by atoms with Gasteiger partial charge in [-0.2, -0.15) is 0 Å². The first-order chi connectivity index (χ1) is 8.39.